The van der Waals surface area contributed by atoms with Crippen molar-refractivity contribution >= 4 is 11.7 Å². The monoisotopic (exact) mass is 197 g/mol. The highest BCUT2D eigenvalue weighted by molar-refractivity contribution is 6.36. The summed E-state index contributed by atoms with van der Waals surface area (Å²) in [5, 5.41) is 12.5. The van der Waals surface area contributed by atoms with E-state index in [-0.39, 0.29) is 11.3 Å². The number of oxime groups is 1. The van der Waals surface area contributed by atoms with Crippen LogP contribution in [0, 0.1) is 0 Å². The molecule has 0 aromatic rings. The van der Waals surface area contributed by atoms with Crippen LogP contribution in [0.5, 0.6) is 0 Å². The van der Waals surface area contributed by atoms with Crippen molar-refractivity contribution in [1.29, 1.82) is 0 Å². The summed E-state index contributed by atoms with van der Waals surface area (Å²) < 4.78 is 0. The fraction of sp³-hybridized carbons (Fsp3) is 0.800. The van der Waals surface area contributed by atoms with E-state index in [9.17, 15) is 4.79 Å². The van der Waals surface area contributed by atoms with Gasteiger partial charge >= 0.3 is 5.97 Å². The third-order valence-corrected chi connectivity index (χ3v) is 3.10. The Morgan fingerprint density at radius 3 is 2.43 bits per heavy atom. The number of carboxylic acids is 1. The van der Waals surface area contributed by atoms with Crippen LogP contribution in [0.15, 0.2) is 5.16 Å². The van der Waals surface area contributed by atoms with Crippen molar-refractivity contribution < 1.29 is 14.7 Å². The fourth-order valence-electron chi connectivity index (χ4n) is 2.28. The van der Waals surface area contributed by atoms with Gasteiger partial charge in [0.1, 0.15) is 5.60 Å². The summed E-state index contributed by atoms with van der Waals surface area (Å²) in [6.07, 6.45) is 7.11. The first-order valence-corrected chi connectivity index (χ1v) is 5.20. The predicted octanol–water partition coefficient (Wildman–Crippen LogP) is 1.94. The summed E-state index contributed by atoms with van der Waals surface area (Å²) in [4.78, 5) is 16.0. The first kappa shape index (κ1) is 9.49. The van der Waals surface area contributed by atoms with Crippen LogP contribution < -0.4 is 0 Å². The third-order valence-electron chi connectivity index (χ3n) is 3.10. The maximum absolute atomic E-state index is 10.7. The van der Waals surface area contributed by atoms with E-state index in [4.69, 9.17) is 9.94 Å². The van der Waals surface area contributed by atoms with Crippen LogP contribution in [0.25, 0.3) is 0 Å². The third kappa shape index (κ3) is 1.74. The second-order valence-electron chi connectivity index (χ2n) is 4.21. The first-order chi connectivity index (χ1) is 6.72. The van der Waals surface area contributed by atoms with Gasteiger partial charge in [-0.05, 0) is 25.7 Å². The van der Waals surface area contributed by atoms with Crippen molar-refractivity contribution in [1.82, 2.24) is 0 Å². The molecular formula is C10H15NO3. The Hall–Kier alpha value is -1.06. The molecule has 1 heterocycles. The van der Waals surface area contributed by atoms with Crippen LogP contribution in [0.2, 0.25) is 0 Å². The van der Waals surface area contributed by atoms with E-state index in [1.807, 2.05) is 0 Å². The average Bonchev–Trinajstić information content (AvgIpc) is 2.41. The lowest BCUT2D eigenvalue weighted by molar-refractivity contribution is -0.129. The summed E-state index contributed by atoms with van der Waals surface area (Å²) in [6.45, 7) is 0. The minimum absolute atomic E-state index is 0.187. The zero-order valence-electron chi connectivity index (χ0n) is 8.16. The Morgan fingerprint density at radius 2 is 1.93 bits per heavy atom. The van der Waals surface area contributed by atoms with Gasteiger partial charge in [-0.25, -0.2) is 4.79 Å². The van der Waals surface area contributed by atoms with E-state index >= 15 is 0 Å². The summed E-state index contributed by atoms with van der Waals surface area (Å²) in [7, 11) is 0. The second-order valence-corrected chi connectivity index (χ2v) is 4.21. The van der Waals surface area contributed by atoms with Gasteiger partial charge in [0.15, 0.2) is 5.71 Å². The zero-order chi connectivity index (χ0) is 10.0. The van der Waals surface area contributed by atoms with Gasteiger partial charge in [-0.2, -0.15) is 0 Å². The smallest absolute Gasteiger partial charge is 0.353 e. The number of aliphatic carboxylic acids is 1. The molecule has 2 aliphatic rings. The number of hydrogen-bond donors (Lipinski definition) is 1. The molecule has 0 aromatic heterocycles. The minimum atomic E-state index is -0.939. The van der Waals surface area contributed by atoms with Gasteiger partial charge in [0.25, 0.3) is 0 Å². The van der Waals surface area contributed by atoms with Crippen molar-refractivity contribution in [3.63, 3.8) is 0 Å². The van der Waals surface area contributed by atoms with Crippen molar-refractivity contribution in [3.05, 3.63) is 0 Å². The molecule has 1 fully saturated rings. The molecule has 1 saturated carbocycles. The van der Waals surface area contributed by atoms with Gasteiger partial charge in [-0.1, -0.05) is 18.0 Å². The minimum Gasteiger partial charge on any atom is -0.477 e. The van der Waals surface area contributed by atoms with E-state index in [1.54, 1.807) is 0 Å². The summed E-state index contributed by atoms with van der Waals surface area (Å²) >= 11 is 0. The summed E-state index contributed by atoms with van der Waals surface area (Å²) in [5.41, 5.74) is -0.0866. The van der Waals surface area contributed by atoms with Gasteiger partial charge in [-0.15, -0.1) is 0 Å². The standard InChI is InChI=1S/C10H15NO3/c12-9(13)8-7-10(14-11-8)5-3-1-2-4-6-10/h1-7H2,(H,12,13). The highest BCUT2D eigenvalue weighted by Crippen LogP contribution is 2.37. The molecule has 1 aliphatic carbocycles. The van der Waals surface area contributed by atoms with E-state index in [0.717, 1.165) is 25.7 Å². The molecule has 0 atom stereocenters. The lowest BCUT2D eigenvalue weighted by Gasteiger charge is -2.24. The van der Waals surface area contributed by atoms with Gasteiger partial charge in [0.2, 0.25) is 0 Å². The first-order valence-electron chi connectivity index (χ1n) is 5.20. The molecule has 0 unspecified atom stereocenters. The van der Waals surface area contributed by atoms with Gasteiger partial charge in [0, 0.05) is 6.42 Å². The summed E-state index contributed by atoms with van der Waals surface area (Å²) in [6, 6.07) is 0. The maximum atomic E-state index is 10.7. The molecule has 1 spiro atoms. The van der Waals surface area contributed by atoms with Gasteiger partial charge in [0.05, 0.1) is 0 Å². The van der Waals surface area contributed by atoms with Crippen LogP contribution >= 0.6 is 0 Å². The largest absolute Gasteiger partial charge is 0.477 e. The molecule has 0 aromatic carbocycles. The predicted molar refractivity (Wildman–Crippen MR) is 51.2 cm³/mol. The summed E-state index contributed by atoms with van der Waals surface area (Å²) in [5.74, 6) is -0.939. The van der Waals surface area contributed by atoms with E-state index in [0.29, 0.717) is 6.42 Å². The Labute approximate surface area is 82.9 Å². The lowest BCUT2D eigenvalue weighted by Crippen LogP contribution is -2.29. The molecular weight excluding hydrogens is 182 g/mol. The lowest BCUT2D eigenvalue weighted by atomic mass is 9.89. The number of carboxylic acid groups (broad SMARTS) is 1. The van der Waals surface area contributed by atoms with Crippen molar-refractivity contribution in [3.8, 4) is 0 Å². The van der Waals surface area contributed by atoms with Crippen molar-refractivity contribution in [2.45, 2.75) is 50.5 Å². The van der Waals surface area contributed by atoms with Crippen LogP contribution in [0.3, 0.4) is 0 Å². The molecule has 14 heavy (non-hydrogen) atoms. The molecule has 1 N–H and O–H groups in total. The number of hydrogen-bond acceptors (Lipinski definition) is 3. The topological polar surface area (TPSA) is 58.9 Å². The Balaban J connectivity index is 2.03. The number of carbonyl (C=O) groups is 1. The molecule has 1 aliphatic heterocycles. The number of rotatable bonds is 1. The normalized spacial score (nSPS) is 25.3. The molecule has 4 nitrogen and oxygen atoms in total. The van der Waals surface area contributed by atoms with Crippen LogP contribution in [-0.2, 0) is 9.63 Å². The Morgan fingerprint density at radius 1 is 1.29 bits per heavy atom. The molecule has 0 saturated heterocycles. The highest BCUT2D eigenvalue weighted by atomic mass is 16.7. The van der Waals surface area contributed by atoms with Crippen LogP contribution in [0.4, 0.5) is 0 Å². The SMILES string of the molecule is O=C(O)C1=NOC2(CCCCCC2)C1. The Bertz CT molecular complexity index is 265. The second kappa shape index (κ2) is 3.59. The van der Waals surface area contributed by atoms with Crippen molar-refractivity contribution in [2.24, 2.45) is 5.16 Å². The average molecular weight is 197 g/mol. The molecule has 4 heteroatoms. The molecule has 2 rings (SSSR count). The molecule has 78 valence electrons. The molecule has 0 radical (unpaired) electrons. The Kier molecular flexibility index (Phi) is 2.44. The van der Waals surface area contributed by atoms with E-state index in [1.165, 1.54) is 12.8 Å². The zero-order valence-corrected chi connectivity index (χ0v) is 8.16. The molecule has 0 amide bonds. The highest BCUT2D eigenvalue weighted by Gasteiger charge is 2.41. The van der Waals surface area contributed by atoms with Crippen LogP contribution in [-0.4, -0.2) is 22.4 Å². The van der Waals surface area contributed by atoms with E-state index < -0.39 is 5.97 Å². The van der Waals surface area contributed by atoms with Crippen LogP contribution in [0.1, 0.15) is 44.9 Å². The van der Waals surface area contributed by atoms with Gasteiger partial charge in [-0.3, -0.25) is 0 Å². The fourth-order valence-corrected chi connectivity index (χ4v) is 2.28. The maximum Gasteiger partial charge on any atom is 0.353 e. The number of nitrogens with zero attached hydrogens (tertiary/aromatic N) is 1. The quantitative estimate of drug-likeness (QED) is 0.698. The van der Waals surface area contributed by atoms with Crippen molar-refractivity contribution in [2.75, 3.05) is 0 Å². The molecule has 0 bridgehead atoms. The van der Waals surface area contributed by atoms with Gasteiger partial charge < -0.3 is 9.94 Å². The van der Waals surface area contributed by atoms with E-state index in [2.05, 4.69) is 5.16 Å².